The fourth-order valence-corrected chi connectivity index (χ4v) is 8.84. The number of thiazole rings is 1. The molecule has 2 aromatic heterocycles. The summed E-state index contributed by atoms with van der Waals surface area (Å²) in [4.78, 5) is 67.6. The number of aromatic nitrogens is 1. The number of benzene rings is 4. The van der Waals surface area contributed by atoms with Crippen molar-refractivity contribution in [1.82, 2.24) is 15.2 Å². The van der Waals surface area contributed by atoms with Crippen molar-refractivity contribution in [3.8, 4) is 16.2 Å². The molecule has 56 heavy (non-hydrogen) atoms. The predicted octanol–water partition coefficient (Wildman–Crippen LogP) is 8.24. The fourth-order valence-electron chi connectivity index (χ4n) is 6.59. The lowest BCUT2D eigenvalue weighted by Gasteiger charge is -2.35. The minimum absolute atomic E-state index is 0.0405. The minimum Gasteiger partial charge on any atom is -0.488 e. The first-order chi connectivity index (χ1) is 26.5. The summed E-state index contributed by atoms with van der Waals surface area (Å²) in [5.74, 6) is -1.09. The van der Waals surface area contributed by atoms with E-state index in [0.717, 1.165) is 44.7 Å². The number of hydrogen-bond donors (Lipinski definition) is 4. The Morgan fingerprint density at radius 3 is 2.34 bits per heavy atom. The van der Waals surface area contributed by atoms with Gasteiger partial charge in [0.2, 0.25) is 11.8 Å². The average Bonchev–Trinajstić information content (AvgIpc) is 3.91. The maximum absolute atomic E-state index is 14.6. The molecule has 7 rings (SSSR count). The molecule has 1 aliphatic heterocycles. The van der Waals surface area contributed by atoms with Crippen LogP contribution in [-0.4, -0.2) is 62.1 Å². The summed E-state index contributed by atoms with van der Waals surface area (Å²) in [6.07, 6.45) is 1.25. The Morgan fingerprint density at radius 1 is 0.911 bits per heavy atom. The lowest BCUT2D eigenvalue weighted by molar-refractivity contribution is -0.140. The van der Waals surface area contributed by atoms with Gasteiger partial charge in [-0.2, -0.15) is 8.78 Å². The van der Waals surface area contributed by atoms with E-state index < -0.39 is 60.1 Å². The number of carbonyl (C=O) groups is 3. The molecule has 1 aliphatic rings. The molecule has 3 atom stereocenters. The van der Waals surface area contributed by atoms with Crippen LogP contribution in [0.3, 0.4) is 0 Å². The molecule has 1 unspecified atom stereocenters. The molecule has 3 amide bonds. The lowest BCUT2D eigenvalue weighted by Crippen LogP contribution is -2.57. The molecular formula is C40H37F2N4O7PS2. The minimum atomic E-state index is -5.81. The van der Waals surface area contributed by atoms with Crippen LogP contribution >= 0.6 is 30.3 Å². The maximum atomic E-state index is 14.6. The summed E-state index contributed by atoms with van der Waals surface area (Å²) in [5, 5.41) is 8.22. The Bertz CT molecular complexity index is 2500. The molecular weight excluding hydrogens is 782 g/mol. The van der Waals surface area contributed by atoms with Crippen LogP contribution in [0.1, 0.15) is 42.4 Å². The number of nitrogens with zero attached hydrogens (tertiary/aromatic N) is 2. The summed E-state index contributed by atoms with van der Waals surface area (Å²) in [6, 6.07) is 25.4. The Kier molecular flexibility index (Phi) is 10.6. The molecule has 4 N–H and O–H groups in total. The number of rotatable bonds is 10. The topological polar surface area (TPSA) is 158 Å². The van der Waals surface area contributed by atoms with Crippen LogP contribution in [0.25, 0.3) is 31.3 Å². The van der Waals surface area contributed by atoms with Crippen molar-refractivity contribution in [2.24, 2.45) is 5.41 Å². The summed E-state index contributed by atoms with van der Waals surface area (Å²) < 4.78 is 47.2. The first-order valence-electron chi connectivity index (χ1n) is 17.5. The zero-order valence-corrected chi connectivity index (χ0v) is 32.8. The number of alkyl halides is 2. The monoisotopic (exact) mass is 818 g/mol. The number of ether oxygens (including phenoxy) is 1. The van der Waals surface area contributed by atoms with Gasteiger partial charge in [-0.25, -0.2) is 4.98 Å². The molecule has 0 saturated carbocycles. The van der Waals surface area contributed by atoms with Gasteiger partial charge in [-0.05, 0) is 57.5 Å². The number of fused-ring (bicyclic) bond motifs is 2. The van der Waals surface area contributed by atoms with E-state index in [-0.39, 0.29) is 23.2 Å². The number of anilines is 1. The summed E-state index contributed by atoms with van der Waals surface area (Å²) >= 11 is 2.27. The van der Waals surface area contributed by atoms with Crippen molar-refractivity contribution in [3.05, 3.63) is 114 Å². The first-order valence-corrected chi connectivity index (χ1v) is 20.8. The number of nitrogens with one attached hydrogen (secondary N) is 2. The smallest absolute Gasteiger partial charge is 0.399 e. The second kappa shape index (κ2) is 15.1. The van der Waals surface area contributed by atoms with E-state index in [9.17, 15) is 37.5 Å². The van der Waals surface area contributed by atoms with E-state index >= 15 is 0 Å². The van der Waals surface area contributed by atoms with Gasteiger partial charge >= 0.3 is 13.3 Å². The summed E-state index contributed by atoms with van der Waals surface area (Å²) in [7, 11) is -5.81. The van der Waals surface area contributed by atoms with Crippen molar-refractivity contribution in [2.75, 3.05) is 11.9 Å². The van der Waals surface area contributed by atoms with Crippen LogP contribution in [-0.2, 0) is 19.8 Å². The highest BCUT2D eigenvalue weighted by atomic mass is 32.1. The number of carbonyl (C=O) groups excluding carboxylic acids is 3. The van der Waals surface area contributed by atoms with Crippen molar-refractivity contribution >= 4 is 74.0 Å². The highest BCUT2D eigenvalue weighted by Gasteiger charge is 2.50. The number of amides is 3. The zero-order valence-electron chi connectivity index (χ0n) is 30.3. The van der Waals surface area contributed by atoms with E-state index in [2.05, 4.69) is 15.6 Å². The second-order valence-corrected chi connectivity index (χ2v) is 18.4. The van der Waals surface area contributed by atoms with Gasteiger partial charge < -0.3 is 30.1 Å². The van der Waals surface area contributed by atoms with Crippen LogP contribution in [0.15, 0.2) is 103 Å². The molecule has 0 spiro atoms. The molecule has 16 heteroatoms. The first kappa shape index (κ1) is 39.2. The molecule has 3 heterocycles. The Labute approximate surface area is 328 Å². The van der Waals surface area contributed by atoms with E-state index in [0.29, 0.717) is 15.6 Å². The summed E-state index contributed by atoms with van der Waals surface area (Å²) in [6.45, 7) is 5.35. The normalized spacial score (nSPS) is 16.9. The second-order valence-electron chi connectivity index (χ2n) is 14.6. The van der Waals surface area contributed by atoms with Crippen LogP contribution in [0, 0.1) is 5.41 Å². The largest absolute Gasteiger partial charge is 0.488 e. The molecule has 0 bridgehead atoms. The molecule has 0 aliphatic carbocycles. The molecule has 1 fully saturated rings. The third kappa shape index (κ3) is 8.09. The SMILES string of the molecule is CC(C)(C)C(NC(=O)c1cc2cc(C(F)(F)P(=O)(O)O)ccc2s1)C(=O)N1C[C@@H](Oc2ccc3ccccc3c2)C[C@H]1C(=O)Nc1ncc(-c2ccccc2)s1. The zero-order chi connectivity index (χ0) is 40.0. The molecule has 1 saturated heterocycles. The Hall–Kier alpha value is -5.05. The fraction of sp³-hybridized carbons (Fsp3) is 0.250. The number of hydrogen-bond acceptors (Lipinski definition) is 8. The number of halogens is 2. The van der Waals surface area contributed by atoms with Gasteiger partial charge in [-0.3, -0.25) is 18.9 Å². The molecule has 0 radical (unpaired) electrons. The van der Waals surface area contributed by atoms with Gasteiger partial charge in [0.25, 0.3) is 5.91 Å². The Balaban J connectivity index is 1.15. The molecule has 4 aromatic carbocycles. The maximum Gasteiger partial charge on any atom is 0.399 e. The number of likely N-dealkylation sites (tertiary alicyclic amines) is 1. The molecule has 6 aromatic rings. The van der Waals surface area contributed by atoms with E-state index in [1.54, 1.807) is 27.0 Å². The van der Waals surface area contributed by atoms with Gasteiger partial charge in [0.1, 0.15) is 23.9 Å². The quantitative estimate of drug-likeness (QED) is 0.101. The van der Waals surface area contributed by atoms with Gasteiger partial charge in [-0.1, -0.05) is 98.8 Å². The highest BCUT2D eigenvalue weighted by molar-refractivity contribution is 7.52. The van der Waals surface area contributed by atoms with Crippen LogP contribution in [0.2, 0.25) is 0 Å². The van der Waals surface area contributed by atoms with Crippen LogP contribution in [0.5, 0.6) is 5.75 Å². The van der Waals surface area contributed by atoms with Gasteiger partial charge in [0.15, 0.2) is 5.13 Å². The van der Waals surface area contributed by atoms with Crippen molar-refractivity contribution in [1.29, 1.82) is 0 Å². The van der Waals surface area contributed by atoms with Crippen molar-refractivity contribution < 1.29 is 42.3 Å². The molecule has 290 valence electrons. The van der Waals surface area contributed by atoms with Gasteiger partial charge in [0, 0.05) is 22.9 Å². The van der Waals surface area contributed by atoms with Crippen LogP contribution in [0.4, 0.5) is 13.9 Å². The van der Waals surface area contributed by atoms with E-state index in [1.165, 1.54) is 28.4 Å². The van der Waals surface area contributed by atoms with Crippen molar-refractivity contribution in [3.63, 3.8) is 0 Å². The standard InChI is InChI=1S/C40H37F2N4O7PS2/c1-39(2,3)34(44-36(48)32-19-26-17-27(14-16-31(26)55-32)40(41,42)54(50,51)52)37(49)46-22-29(53-28-15-13-23-9-7-8-12-25(23)18-28)20-30(46)35(47)45-38-43-21-33(56-38)24-10-5-4-6-11-24/h4-19,21,29-30,34H,20,22H2,1-3H3,(H,44,48)(H,43,45,47)(H2,50,51,52)/t29-,30-,34?/m0/s1. The number of thiophene rings is 1. The van der Waals surface area contributed by atoms with E-state index in [1.807, 2.05) is 72.8 Å². The third-order valence-electron chi connectivity index (χ3n) is 9.51. The summed E-state index contributed by atoms with van der Waals surface area (Å²) in [5.41, 5.74) is -5.24. The lowest BCUT2D eigenvalue weighted by atomic mass is 9.85. The average molecular weight is 819 g/mol. The molecule has 11 nitrogen and oxygen atoms in total. The third-order valence-corrected chi connectivity index (χ3v) is 12.6. The Morgan fingerprint density at radius 2 is 1.62 bits per heavy atom. The van der Waals surface area contributed by atoms with Crippen LogP contribution < -0.4 is 15.4 Å². The van der Waals surface area contributed by atoms with Gasteiger partial charge in [0.05, 0.1) is 16.3 Å². The highest BCUT2D eigenvalue weighted by Crippen LogP contribution is 2.59. The predicted molar refractivity (Wildman–Crippen MR) is 213 cm³/mol. The van der Waals surface area contributed by atoms with Gasteiger partial charge in [-0.15, -0.1) is 11.3 Å². The van der Waals surface area contributed by atoms with E-state index in [4.69, 9.17) is 4.74 Å². The van der Waals surface area contributed by atoms with Crippen molar-refractivity contribution in [2.45, 2.75) is 51.0 Å².